The van der Waals surface area contributed by atoms with Gasteiger partial charge in [-0.1, -0.05) is 60.7 Å². The van der Waals surface area contributed by atoms with Crippen molar-refractivity contribution in [2.45, 2.75) is 52.4 Å². The number of nitrogens with one attached hydrogen (secondary N) is 1. The first kappa shape index (κ1) is 27.6. The molecular formula is C30H35NO6. The van der Waals surface area contributed by atoms with Gasteiger partial charge in [-0.3, -0.25) is 0 Å². The van der Waals surface area contributed by atoms with E-state index in [9.17, 15) is 9.59 Å². The zero-order valence-corrected chi connectivity index (χ0v) is 21.9. The van der Waals surface area contributed by atoms with Crippen LogP contribution >= 0.6 is 0 Å². The van der Waals surface area contributed by atoms with Gasteiger partial charge >= 0.3 is 12.1 Å². The van der Waals surface area contributed by atoms with E-state index in [1.54, 1.807) is 12.1 Å². The molecule has 0 spiro atoms. The van der Waals surface area contributed by atoms with Gasteiger partial charge in [0.2, 0.25) is 0 Å². The summed E-state index contributed by atoms with van der Waals surface area (Å²) in [6, 6.07) is 22.9. The fraction of sp³-hybridized carbons (Fsp3) is 0.333. The molecule has 0 unspecified atom stereocenters. The van der Waals surface area contributed by atoms with Gasteiger partial charge in [-0.2, -0.15) is 0 Å². The lowest BCUT2D eigenvalue weighted by Crippen LogP contribution is -2.33. The Kier molecular flexibility index (Phi) is 9.95. The average molecular weight is 506 g/mol. The van der Waals surface area contributed by atoms with Crippen LogP contribution in [0.25, 0.3) is 0 Å². The molecule has 0 bridgehead atoms. The van der Waals surface area contributed by atoms with Crippen LogP contribution in [0.15, 0.2) is 72.8 Å². The highest BCUT2D eigenvalue weighted by atomic mass is 16.6. The molecule has 0 aliphatic heterocycles. The van der Waals surface area contributed by atoms with Crippen LogP contribution in [0.4, 0.5) is 4.79 Å². The molecule has 0 aromatic heterocycles. The maximum atomic E-state index is 12.4. The second kappa shape index (κ2) is 13.3. The van der Waals surface area contributed by atoms with Crippen molar-refractivity contribution in [3.05, 3.63) is 95.1 Å². The number of benzene rings is 3. The van der Waals surface area contributed by atoms with E-state index in [0.717, 1.165) is 16.7 Å². The molecule has 0 saturated carbocycles. The maximum Gasteiger partial charge on any atom is 0.407 e. The zero-order chi connectivity index (χ0) is 26.7. The first-order chi connectivity index (χ1) is 17.7. The van der Waals surface area contributed by atoms with E-state index in [4.69, 9.17) is 18.9 Å². The van der Waals surface area contributed by atoms with Crippen molar-refractivity contribution < 1.29 is 28.5 Å². The smallest absolute Gasteiger partial charge is 0.407 e. The molecule has 0 heterocycles. The highest BCUT2D eigenvalue weighted by Crippen LogP contribution is 2.34. The van der Waals surface area contributed by atoms with Crippen molar-refractivity contribution in [3.8, 4) is 11.5 Å². The number of ether oxygens (including phenoxy) is 4. The van der Waals surface area contributed by atoms with E-state index < -0.39 is 17.7 Å². The van der Waals surface area contributed by atoms with Gasteiger partial charge in [-0.15, -0.1) is 0 Å². The number of alkyl carbamates (subject to hydrolysis) is 1. The van der Waals surface area contributed by atoms with E-state index >= 15 is 0 Å². The summed E-state index contributed by atoms with van der Waals surface area (Å²) < 4.78 is 22.7. The van der Waals surface area contributed by atoms with Crippen molar-refractivity contribution in [3.63, 3.8) is 0 Å². The second-order valence-corrected chi connectivity index (χ2v) is 9.52. The molecular weight excluding hydrogens is 470 g/mol. The molecule has 3 aromatic rings. The lowest BCUT2D eigenvalue weighted by molar-refractivity contribution is 0.0526. The minimum absolute atomic E-state index is 0.326. The summed E-state index contributed by atoms with van der Waals surface area (Å²) in [4.78, 5) is 24.5. The molecule has 7 heteroatoms. The summed E-state index contributed by atoms with van der Waals surface area (Å²) in [6.07, 6.45) is 0.695. The van der Waals surface area contributed by atoms with Crippen molar-refractivity contribution in [2.75, 3.05) is 13.7 Å². The van der Waals surface area contributed by atoms with Gasteiger partial charge in [0.15, 0.2) is 0 Å². The quantitative estimate of drug-likeness (QED) is 0.251. The number of methoxy groups -OCH3 is 1. The SMILES string of the molecule is COC(=O)c1cc(OCc2ccccc2)c(CCCNC(=O)OC(C)(C)C)c(OCc2ccccc2)c1. The number of hydrogen-bond donors (Lipinski definition) is 1. The van der Waals surface area contributed by atoms with Crippen LogP contribution < -0.4 is 14.8 Å². The summed E-state index contributed by atoms with van der Waals surface area (Å²) >= 11 is 0. The van der Waals surface area contributed by atoms with Gasteiger partial charge < -0.3 is 24.3 Å². The number of rotatable bonds is 11. The third-order valence-corrected chi connectivity index (χ3v) is 5.34. The Morgan fingerprint density at radius 1 is 0.811 bits per heavy atom. The summed E-state index contributed by atoms with van der Waals surface area (Å²) in [5, 5.41) is 2.79. The summed E-state index contributed by atoms with van der Waals surface area (Å²) in [6.45, 7) is 6.52. The molecule has 1 amide bonds. The van der Waals surface area contributed by atoms with E-state index in [1.165, 1.54) is 7.11 Å². The Morgan fingerprint density at radius 3 is 1.78 bits per heavy atom. The Labute approximate surface area is 218 Å². The Hall–Kier alpha value is -4.00. The fourth-order valence-corrected chi connectivity index (χ4v) is 3.60. The molecule has 0 saturated heterocycles. The molecule has 0 atom stereocenters. The molecule has 1 N–H and O–H groups in total. The van der Waals surface area contributed by atoms with E-state index in [0.29, 0.717) is 49.7 Å². The molecule has 0 aliphatic carbocycles. The highest BCUT2D eigenvalue weighted by molar-refractivity contribution is 5.90. The largest absolute Gasteiger partial charge is 0.488 e. The first-order valence-electron chi connectivity index (χ1n) is 12.3. The number of amides is 1. The summed E-state index contributed by atoms with van der Waals surface area (Å²) in [5.41, 5.74) is 2.57. The molecule has 3 rings (SSSR count). The van der Waals surface area contributed by atoms with Crippen LogP contribution in [0.2, 0.25) is 0 Å². The van der Waals surface area contributed by atoms with E-state index in [-0.39, 0.29) is 0 Å². The number of esters is 1. The molecule has 3 aromatic carbocycles. The summed E-state index contributed by atoms with van der Waals surface area (Å²) in [7, 11) is 1.34. The Balaban J connectivity index is 1.84. The van der Waals surface area contributed by atoms with Gasteiger partial charge in [0.25, 0.3) is 0 Å². The average Bonchev–Trinajstić information content (AvgIpc) is 2.88. The van der Waals surface area contributed by atoms with Gasteiger partial charge in [-0.25, -0.2) is 9.59 Å². The minimum atomic E-state index is -0.565. The first-order valence-corrected chi connectivity index (χ1v) is 12.3. The topological polar surface area (TPSA) is 83.1 Å². The van der Waals surface area contributed by atoms with Crippen LogP contribution in [-0.2, 0) is 29.1 Å². The van der Waals surface area contributed by atoms with Crippen molar-refractivity contribution in [1.82, 2.24) is 5.32 Å². The number of carbonyl (C=O) groups is 2. The molecule has 196 valence electrons. The summed E-state index contributed by atoms with van der Waals surface area (Å²) in [5.74, 6) is 0.589. The van der Waals surface area contributed by atoms with Crippen molar-refractivity contribution in [2.24, 2.45) is 0 Å². The van der Waals surface area contributed by atoms with Gasteiger partial charge in [0, 0.05) is 12.1 Å². The number of hydrogen-bond acceptors (Lipinski definition) is 6. The molecule has 7 nitrogen and oxygen atoms in total. The maximum absolute atomic E-state index is 12.4. The standard InChI is InChI=1S/C30H35NO6/c1-30(2,3)37-29(33)31-17-11-16-25-26(35-20-22-12-7-5-8-13-22)18-24(28(32)34-4)19-27(25)36-21-23-14-9-6-10-15-23/h5-10,12-15,18-19H,11,16-17,20-21H2,1-4H3,(H,31,33). The third kappa shape index (κ3) is 9.18. The Morgan fingerprint density at radius 2 is 1.32 bits per heavy atom. The van der Waals surface area contributed by atoms with Crippen LogP contribution in [0.3, 0.4) is 0 Å². The third-order valence-electron chi connectivity index (χ3n) is 5.34. The molecule has 0 radical (unpaired) electrons. The Bertz CT molecular complexity index is 1090. The van der Waals surface area contributed by atoms with Gasteiger partial charge in [0.1, 0.15) is 30.3 Å². The van der Waals surface area contributed by atoms with E-state index in [1.807, 2.05) is 81.4 Å². The fourth-order valence-electron chi connectivity index (χ4n) is 3.60. The zero-order valence-electron chi connectivity index (χ0n) is 21.9. The monoisotopic (exact) mass is 505 g/mol. The predicted molar refractivity (Wildman–Crippen MR) is 142 cm³/mol. The van der Waals surface area contributed by atoms with Crippen LogP contribution in [-0.4, -0.2) is 31.3 Å². The second-order valence-electron chi connectivity index (χ2n) is 9.52. The molecule has 0 aliphatic rings. The van der Waals surface area contributed by atoms with Crippen LogP contribution in [0.5, 0.6) is 11.5 Å². The van der Waals surface area contributed by atoms with E-state index in [2.05, 4.69) is 5.32 Å². The van der Waals surface area contributed by atoms with Crippen LogP contribution in [0, 0.1) is 0 Å². The van der Waals surface area contributed by atoms with Crippen LogP contribution in [0.1, 0.15) is 54.2 Å². The predicted octanol–water partition coefficient (Wildman–Crippen LogP) is 6.09. The number of carbonyl (C=O) groups excluding carboxylic acids is 2. The highest BCUT2D eigenvalue weighted by Gasteiger charge is 2.19. The van der Waals surface area contributed by atoms with Crippen molar-refractivity contribution >= 4 is 12.1 Å². The minimum Gasteiger partial charge on any atom is -0.488 e. The van der Waals surface area contributed by atoms with Gasteiger partial charge in [-0.05, 0) is 56.9 Å². The van der Waals surface area contributed by atoms with Gasteiger partial charge in [0.05, 0.1) is 12.7 Å². The lowest BCUT2D eigenvalue weighted by atomic mass is 10.0. The molecule has 37 heavy (non-hydrogen) atoms. The van der Waals surface area contributed by atoms with Crippen molar-refractivity contribution in [1.29, 1.82) is 0 Å². The normalized spacial score (nSPS) is 10.9. The molecule has 0 fully saturated rings. The lowest BCUT2D eigenvalue weighted by Gasteiger charge is -2.20.